The predicted octanol–water partition coefficient (Wildman–Crippen LogP) is 2.92. The third-order valence-corrected chi connectivity index (χ3v) is 7.58. The summed E-state index contributed by atoms with van der Waals surface area (Å²) < 4.78 is 5.79. The molecule has 6 rings (SSSR count). The van der Waals surface area contributed by atoms with Gasteiger partial charge in [-0.05, 0) is 73.1 Å². The van der Waals surface area contributed by atoms with Gasteiger partial charge in [0.05, 0.1) is 19.3 Å². The Labute approximate surface area is 193 Å². The Balaban J connectivity index is 1.43. The second-order valence-electron chi connectivity index (χ2n) is 9.79. The van der Waals surface area contributed by atoms with Crippen LogP contribution in [0, 0.1) is 13.8 Å². The molecule has 0 radical (unpaired) electrons. The molecular formula is C26H30N4O3. The van der Waals surface area contributed by atoms with Crippen LogP contribution in [0.25, 0.3) is 22.2 Å². The average molecular weight is 447 g/mol. The van der Waals surface area contributed by atoms with E-state index in [9.17, 15) is 9.90 Å². The van der Waals surface area contributed by atoms with Crippen molar-refractivity contribution in [2.24, 2.45) is 0 Å². The molecule has 0 bridgehead atoms. The third kappa shape index (κ3) is 3.55. The topological polar surface area (TPSA) is 90.5 Å². The van der Waals surface area contributed by atoms with Crippen LogP contribution in [0.15, 0.2) is 24.4 Å². The summed E-state index contributed by atoms with van der Waals surface area (Å²) in [7, 11) is 0. The fraction of sp³-hybridized carbons (Fsp3) is 0.462. The lowest BCUT2D eigenvalue weighted by molar-refractivity contribution is -0.143. The Morgan fingerprint density at radius 1 is 1.24 bits per heavy atom. The van der Waals surface area contributed by atoms with Crippen LogP contribution in [-0.4, -0.2) is 57.8 Å². The van der Waals surface area contributed by atoms with Gasteiger partial charge in [0.15, 0.2) is 0 Å². The number of nitrogens with one attached hydrogen (secondary N) is 2. The Hall–Kier alpha value is -2.74. The summed E-state index contributed by atoms with van der Waals surface area (Å²) in [6, 6.07) is 6.80. The lowest BCUT2D eigenvalue weighted by Gasteiger charge is -2.35. The van der Waals surface area contributed by atoms with E-state index in [-0.39, 0.29) is 11.9 Å². The highest BCUT2D eigenvalue weighted by Crippen LogP contribution is 2.40. The quantitative estimate of drug-likeness (QED) is 0.576. The number of morpholine rings is 1. The van der Waals surface area contributed by atoms with Gasteiger partial charge in [-0.1, -0.05) is 6.07 Å². The van der Waals surface area contributed by atoms with Gasteiger partial charge >= 0.3 is 0 Å². The number of aromatic nitrogens is 2. The van der Waals surface area contributed by atoms with Crippen LogP contribution in [0.3, 0.4) is 0 Å². The number of aromatic amines is 1. The van der Waals surface area contributed by atoms with E-state index in [1.165, 1.54) is 22.3 Å². The van der Waals surface area contributed by atoms with Crippen LogP contribution >= 0.6 is 0 Å². The summed E-state index contributed by atoms with van der Waals surface area (Å²) in [4.78, 5) is 22.7. The minimum Gasteiger partial charge on any atom is -0.380 e. The first-order valence-corrected chi connectivity index (χ1v) is 11.9. The zero-order valence-corrected chi connectivity index (χ0v) is 19.2. The number of hydrogen-bond donors (Lipinski definition) is 3. The van der Waals surface area contributed by atoms with Crippen molar-refractivity contribution in [3.05, 3.63) is 52.3 Å². The molecule has 0 spiro atoms. The Morgan fingerprint density at radius 2 is 2.09 bits per heavy atom. The van der Waals surface area contributed by atoms with Crippen molar-refractivity contribution in [1.82, 2.24) is 20.2 Å². The van der Waals surface area contributed by atoms with Crippen LogP contribution in [0.1, 0.15) is 46.8 Å². The largest absolute Gasteiger partial charge is 0.380 e. The highest BCUT2D eigenvalue weighted by atomic mass is 16.5. The van der Waals surface area contributed by atoms with E-state index >= 15 is 0 Å². The summed E-state index contributed by atoms with van der Waals surface area (Å²) in [5.41, 5.74) is 8.04. The Morgan fingerprint density at radius 3 is 2.85 bits per heavy atom. The number of rotatable bonds is 3. The molecule has 1 amide bonds. The fourth-order valence-corrected chi connectivity index (χ4v) is 5.22. The smallest absolute Gasteiger partial charge is 0.254 e. The van der Waals surface area contributed by atoms with Crippen LogP contribution in [0.4, 0.5) is 0 Å². The maximum Gasteiger partial charge on any atom is 0.254 e. The maximum absolute atomic E-state index is 12.9. The van der Waals surface area contributed by atoms with Crippen LogP contribution < -0.4 is 5.32 Å². The normalized spacial score (nSPS) is 21.8. The van der Waals surface area contributed by atoms with E-state index < -0.39 is 5.60 Å². The van der Waals surface area contributed by atoms with E-state index in [1.54, 1.807) is 0 Å². The molecule has 172 valence electrons. The number of aliphatic hydroxyl groups is 1. The third-order valence-electron chi connectivity index (χ3n) is 7.58. The number of ether oxygens (including phenoxy) is 1. The molecule has 3 N–H and O–H groups in total. The number of nitrogens with zero attached hydrogens (tertiary/aromatic N) is 2. The summed E-state index contributed by atoms with van der Waals surface area (Å²) in [5.74, 6) is -0.121. The van der Waals surface area contributed by atoms with Crippen molar-refractivity contribution in [1.29, 1.82) is 0 Å². The average Bonchev–Trinajstić information content (AvgIpc) is 3.54. The van der Waals surface area contributed by atoms with Gasteiger partial charge < -0.3 is 25.0 Å². The molecule has 2 fully saturated rings. The van der Waals surface area contributed by atoms with Gasteiger partial charge in [0.2, 0.25) is 0 Å². The maximum atomic E-state index is 12.9. The lowest BCUT2D eigenvalue weighted by Crippen LogP contribution is -2.44. The number of fused-ring (bicyclic) bond motifs is 2. The van der Waals surface area contributed by atoms with Crippen molar-refractivity contribution in [3.8, 4) is 11.1 Å². The summed E-state index contributed by atoms with van der Waals surface area (Å²) in [6.45, 7) is 7.51. The standard InChI is InChI=1S/C26H30N4O3/c1-15-16(2)29-24-20(15)11-19(12-28-24)18-9-17-3-7-30(25(31)26(32)4-5-26)13-22(17)21(10-18)23-14-33-8-6-27-23/h9-12,23,27,32H,3-8,13-14H2,1-2H3,(H,28,29). The number of hydrogen-bond acceptors (Lipinski definition) is 5. The van der Waals surface area contributed by atoms with E-state index in [2.05, 4.69) is 47.3 Å². The van der Waals surface area contributed by atoms with Gasteiger partial charge in [-0.3, -0.25) is 4.79 Å². The van der Waals surface area contributed by atoms with Gasteiger partial charge in [0.1, 0.15) is 11.2 Å². The number of carbonyl (C=O) groups is 1. The monoisotopic (exact) mass is 446 g/mol. The van der Waals surface area contributed by atoms with Crippen LogP contribution in [0.5, 0.6) is 0 Å². The van der Waals surface area contributed by atoms with Gasteiger partial charge in [-0.25, -0.2) is 4.98 Å². The molecule has 1 unspecified atom stereocenters. The van der Waals surface area contributed by atoms with E-state index in [4.69, 9.17) is 4.74 Å². The number of pyridine rings is 1. The van der Waals surface area contributed by atoms with Crippen molar-refractivity contribution in [3.63, 3.8) is 0 Å². The molecule has 1 saturated heterocycles. The zero-order valence-electron chi connectivity index (χ0n) is 19.2. The molecule has 1 atom stereocenters. The van der Waals surface area contributed by atoms with Crippen molar-refractivity contribution in [2.75, 3.05) is 26.3 Å². The summed E-state index contributed by atoms with van der Waals surface area (Å²) in [5, 5.41) is 15.1. The first kappa shape index (κ1) is 20.8. The minimum absolute atomic E-state index is 0.0828. The van der Waals surface area contributed by atoms with Crippen molar-refractivity contribution < 1.29 is 14.6 Å². The number of carbonyl (C=O) groups excluding carboxylic acids is 1. The van der Waals surface area contributed by atoms with Crippen molar-refractivity contribution >= 4 is 16.9 Å². The molecule has 1 aliphatic carbocycles. The molecule has 7 heteroatoms. The molecule has 1 aromatic carbocycles. The van der Waals surface area contributed by atoms with Crippen molar-refractivity contribution in [2.45, 2.75) is 51.3 Å². The first-order chi connectivity index (χ1) is 15.9. The van der Waals surface area contributed by atoms with Gasteiger partial charge in [-0.15, -0.1) is 0 Å². The number of benzene rings is 1. The zero-order chi connectivity index (χ0) is 22.7. The number of H-pyrrole nitrogens is 1. The Bertz CT molecular complexity index is 1250. The van der Waals surface area contributed by atoms with Crippen LogP contribution in [0.2, 0.25) is 0 Å². The van der Waals surface area contributed by atoms with E-state index in [0.717, 1.165) is 40.8 Å². The molecule has 2 aliphatic heterocycles. The fourth-order valence-electron chi connectivity index (χ4n) is 5.22. The number of amides is 1. The second-order valence-corrected chi connectivity index (χ2v) is 9.79. The molecule has 4 heterocycles. The van der Waals surface area contributed by atoms with E-state index in [0.29, 0.717) is 39.1 Å². The van der Waals surface area contributed by atoms with E-state index in [1.807, 2.05) is 11.1 Å². The summed E-state index contributed by atoms with van der Waals surface area (Å²) >= 11 is 0. The number of aryl methyl sites for hydroxylation is 2. The highest BCUT2D eigenvalue weighted by molar-refractivity contribution is 5.88. The molecule has 3 aromatic rings. The van der Waals surface area contributed by atoms with Gasteiger partial charge in [0.25, 0.3) is 5.91 Å². The molecule has 33 heavy (non-hydrogen) atoms. The molecule has 2 aromatic heterocycles. The molecular weight excluding hydrogens is 416 g/mol. The van der Waals surface area contributed by atoms with Gasteiger partial charge in [0, 0.05) is 42.5 Å². The first-order valence-electron chi connectivity index (χ1n) is 11.9. The molecule has 1 saturated carbocycles. The van der Waals surface area contributed by atoms with Gasteiger partial charge in [-0.2, -0.15) is 0 Å². The molecule has 3 aliphatic rings. The summed E-state index contributed by atoms with van der Waals surface area (Å²) in [6.07, 6.45) is 3.87. The predicted molar refractivity (Wildman–Crippen MR) is 126 cm³/mol. The molecule has 7 nitrogen and oxygen atoms in total. The SMILES string of the molecule is Cc1[nH]c2ncc(-c3cc4c(c(C5COCCN5)c3)CN(C(=O)C3(O)CC3)CC4)cc2c1C. The van der Waals surface area contributed by atoms with Crippen LogP contribution in [-0.2, 0) is 22.5 Å². The highest BCUT2D eigenvalue weighted by Gasteiger charge is 2.50. The Kier molecular flexibility index (Phi) is 4.83. The lowest BCUT2D eigenvalue weighted by atomic mass is 9.87. The minimum atomic E-state index is -1.13. The second kappa shape index (κ2) is 7.65.